The van der Waals surface area contributed by atoms with E-state index < -0.39 is 0 Å². The Morgan fingerprint density at radius 1 is 1.58 bits per heavy atom. The Bertz CT molecular complexity index is 613. The normalized spacial score (nSPS) is 12.2. The van der Waals surface area contributed by atoms with Crippen LogP contribution >= 0.6 is 27.3 Å². The van der Waals surface area contributed by atoms with Gasteiger partial charge in [-0.15, -0.1) is 11.3 Å². The largest absolute Gasteiger partial charge is 0.505 e. The minimum atomic E-state index is -0.378. The summed E-state index contributed by atoms with van der Waals surface area (Å²) in [5.74, 6) is -0.393. The van der Waals surface area contributed by atoms with Gasteiger partial charge in [-0.3, -0.25) is 4.79 Å². The van der Waals surface area contributed by atoms with Crippen LogP contribution in [0.3, 0.4) is 0 Å². The number of thiazole rings is 1. The first-order valence-corrected chi connectivity index (χ1v) is 7.16. The van der Waals surface area contributed by atoms with Gasteiger partial charge in [-0.2, -0.15) is 0 Å². The van der Waals surface area contributed by atoms with Gasteiger partial charge in [0.2, 0.25) is 0 Å². The molecular weight excluding hydrogens is 330 g/mol. The third-order valence-electron chi connectivity index (χ3n) is 2.38. The maximum absolute atomic E-state index is 12.0. The number of para-hydroxylation sites is 1. The average molecular weight is 342 g/mol. The number of amides is 1. The summed E-state index contributed by atoms with van der Waals surface area (Å²) in [4.78, 5) is 16.1. The van der Waals surface area contributed by atoms with E-state index in [1.54, 1.807) is 30.5 Å². The highest BCUT2D eigenvalue weighted by molar-refractivity contribution is 9.10. The molecule has 1 aromatic heterocycles. The van der Waals surface area contributed by atoms with Crippen molar-refractivity contribution in [3.05, 3.63) is 38.8 Å². The molecule has 1 unspecified atom stereocenters. The molecule has 0 aliphatic rings. The SMILES string of the molecule is CC(N)c1nc(C(=O)Nc2cccc(Br)c2O)cs1. The van der Waals surface area contributed by atoms with Crippen LogP contribution < -0.4 is 11.1 Å². The average Bonchev–Trinajstić information content (AvgIpc) is 2.84. The number of aromatic hydroxyl groups is 1. The number of halogens is 1. The number of aromatic nitrogens is 1. The number of nitrogens with two attached hydrogens (primary N) is 1. The van der Waals surface area contributed by atoms with E-state index in [2.05, 4.69) is 26.2 Å². The van der Waals surface area contributed by atoms with Crippen molar-refractivity contribution in [2.45, 2.75) is 13.0 Å². The van der Waals surface area contributed by atoms with E-state index in [1.807, 2.05) is 0 Å². The van der Waals surface area contributed by atoms with Gasteiger partial charge in [-0.25, -0.2) is 4.98 Å². The first-order chi connectivity index (χ1) is 8.99. The summed E-state index contributed by atoms with van der Waals surface area (Å²) in [6, 6.07) is 4.80. The third-order valence-corrected chi connectivity index (χ3v) is 4.06. The number of hydrogen-bond acceptors (Lipinski definition) is 5. The molecule has 7 heteroatoms. The van der Waals surface area contributed by atoms with Crippen LogP contribution in [0.5, 0.6) is 5.75 Å². The standard InChI is InChI=1S/C12H12BrN3O2S/c1-6(14)12-16-9(5-19-12)11(18)15-8-4-2-3-7(13)10(8)17/h2-6,17H,14H2,1H3,(H,15,18). The van der Waals surface area contributed by atoms with Crippen molar-refractivity contribution in [2.75, 3.05) is 5.32 Å². The van der Waals surface area contributed by atoms with E-state index in [-0.39, 0.29) is 23.4 Å². The lowest BCUT2D eigenvalue weighted by atomic mass is 10.3. The molecule has 0 aliphatic carbocycles. The summed E-state index contributed by atoms with van der Waals surface area (Å²) < 4.78 is 0.514. The molecule has 0 bridgehead atoms. The van der Waals surface area contributed by atoms with Crippen LogP contribution in [-0.4, -0.2) is 16.0 Å². The maximum Gasteiger partial charge on any atom is 0.275 e. The number of benzene rings is 1. The van der Waals surface area contributed by atoms with E-state index >= 15 is 0 Å². The second-order valence-corrected chi connectivity index (χ2v) is 5.69. The van der Waals surface area contributed by atoms with Gasteiger partial charge in [-0.05, 0) is 35.0 Å². The van der Waals surface area contributed by atoms with Crippen molar-refractivity contribution in [1.29, 1.82) is 0 Å². The molecule has 1 amide bonds. The maximum atomic E-state index is 12.0. The van der Waals surface area contributed by atoms with Crippen molar-refractivity contribution in [1.82, 2.24) is 4.98 Å². The zero-order valence-electron chi connectivity index (χ0n) is 10.1. The molecule has 100 valence electrons. The fraction of sp³-hybridized carbons (Fsp3) is 0.167. The second-order valence-electron chi connectivity index (χ2n) is 3.95. The number of nitrogens with zero attached hydrogens (tertiary/aromatic N) is 1. The van der Waals surface area contributed by atoms with E-state index in [1.165, 1.54) is 11.3 Å². The van der Waals surface area contributed by atoms with Crippen LogP contribution in [0.1, 0.15) is 28.5 Å². The highest BCUT2D eigenvalue weighted by atomic mass is 79.9. The van der Waals surface area contributed by atoms with Crippen molar-refractivity contribution >= 4 is 38.9 Å². The molecule has 1 heterocycles. The van der Waals surface area contributed by atoms with E-state index in [9.17, 15) is 9.90 Å². The molecule has 1 aromatic carbocycles. The molecule has 4 N–H and O–H groups in total. The number of carbonyl (C=O) groups is 1. The van der Waals surface area contributed by atoms with Gasteiger partial charge >= 0.3 is 0 Å². The van der Waals surface area contributed by atoms with E-state index in [0.29, 0.717) is 15.2 Å². The molecule has 19 heavy (non-hydrogen) atoms. The van der Waals surface area contributed by atoms with Gasteiger partial charge in [-0.1, -0.05) is 6.07 Å². The number of phenols is 1. The molecule has 0 saturated heterocycles. The molecule has 2 aromatic rings. The molecule has 2 rings (SSSR count). The van der Waals surface area contributed by atoms with Crippen LogP contribution in [0, 0.1) is 0 Å². The minimum Gasteiger partial charge on any atom is -0.505 e. The molecule has 5 nitrogen and oxygen atoms in total. The van der Waals surface area contributed by atoms with Crippen molar-refractivity contribution in [3.63, 3.8) is 0 Å². The summed E-state index contributed by atoms with van der Waals surface area (Å²) in [7, 11) is 0. The third kappa shape index (κ3) is 3.12. The van der Waals surface area contributed by atoms with Crippen molar-refractivity contribution < 1.29 is 9.90 Å². The summed E-state index contributed by atoms with van der Waals surface area (Å²) in [5, 5.41) is 14.7. The minimum absolute atomic E-state index is 0.0153. The first-order valence-electron chi connectivity index (χ1n) is 5.49. The van der Waals surface area contributed by atoms with Gasteiger partial charge in [0.15, 0.2) is 5.75 Å². The van der Waals surface area contributed by atoms with Gasteiger partial charge in [0.05, 0.1) is 16.2 Å². The fourth-order valence-electron chi connectivity index (χ4n) is 1.40. The Morgan fingerprint density at radius 2 is 2.32 bits per heavy atom. The second kappa shape index (κ2) is 5.68. The van der Waals surface area contributed by atoms with E-state index in [0.717, 1.165) is 0 Å². The number of carbonyl (C=O) groups excluding carboxylic acids is 1. The van der Waals surface area contributed by atoms with Crippen LogP contribution in [-0.2, 0) is 0 Å². The van der Waals surface area contributed by atoms with Crippen LogP contribution in [0.4, 0.5) is 5.69 Å². The molecule has 0 radical (unpaired) electrons. The van der Waals surface area contributed by atoms with Crippen molar-refractivity contribution in [3.8, 4) is 5.75 Å². The Balaban J connectivity index is 2.18. The first kappa shape index (κ1) is 14.0. The number of nitrogens with one attached hydrogen (secondary N) is 1. The van der Waals surface area contributed by atoms with Gasteiger partial charge in [0.25, 0.3) is 5.91 Å². The summed E-state index contributed by atoms with van der Waals surface area (Å²) >= 11 is 4.52. The molecular formula is C12H12BrN3O2S. The van der Waals surface area contributed by atoms with Crippen LogP contribution in [0.15, 0.2) is 28.1 Å². The summed E-state index contributed by atoms with van der Waals surface area (Å²) in [6.45, 7) is 1.81. The Labute approximate surface area is 122 Å². The summed E-state index contributed by atoms with van der Waals surface area (Å²) in [5.41, 5.74) is 6.31. The molecule has 0 fully saturated rings. The topological polar surface area (TPSA) is 88.2 Å². The van der Waals surface area contributed by atoms with Crippen molar-refractivity contribution in [2.24, 2.45) is 5.73 Å². The highest BCUT2D eigenvalue weighted by Gasteiger charge is 2.14. The Hall–Kier alpha value is -1.44. The molecule has 0 saturated carbocycles. The number of anilines is 1. The number of phenolic OH excluding ortho intramolecular Hbond substituents is 1. The fourth-order valence-corrected chi connectivity index (χ4v) is 2.53. The zero-order chi connectivity index (χ0) is 14.0. The lowest BCUT2D eigenvalue weighted by Gasteiger charge is -2.06. The lowest BCUT2D eigenvalue weighted by molar-refractivity contribution is 0.102. The van der Waals surface area contributed by atoms with Crippen LogP contribution in [0.25, 0.3) is 0 Å². The Morgan fingerprint density at radius 3 is 2.95 bits per heavy atom. The number of hydrogen-bond donors (Lipinski definition) is 3. The van der Waals surface area contributed by atoms with Gasteiger partial charge < -0.3 is 16.2 Å². The monoisotopic (exact) mass is 341 g/mol. The van der Waals surface area contributed by atoms with Crippen LogP contribution in [0.2, 0.25) is 0 Å². The van der Waals surface area contributed by atoms with Gasteiger partial charge in [0.1, 0.15) is 10.7 Å². The highest BCUT2D eigenvalue weighted by Crippen LogP contribution is 2.31. The molecule has 0 spiro atoms. The van der Waals surface area contributed by atoms with E-state index in [4.69, 9.17) is 5.73 Å². The summed E-state index contributed by atoms with van der Waals surface area (Å²) in [6.07, 6.45) is 0. The zero-order valence-corrected chi connectivity index (χ0v) is 12.5. The lowest BCUT2D eigenvalue weighted by Crippen LogP contribution is -2.13. The Kier molecular flexibility index (Phi) is 4.18. The predicted octanol–water partition coefficient (Wildman–Crippen LogP) is 2.88. The number of rotatable bonds is 3. The van der Waals surface area contributed by atoms with Gasteiger partial charge in [0, 0.05) is 5.38 Å². The predicted molar refractivity (Wildman–Crippen MR) is 78.5 cm³/mol. The quantitative estimate of drug-likeness (QED) is 0.749. The molecule has 1 atom stereocenters. The smallest absolute Gasteiger partial charge is 0.275 e. The molecule has 0 aliphatic heterocycles.